The lowest BCUT2D eigenvalue weighted by atomic mass is 10.2. The fourth-order valence-electron chi connectivity index (χ4n) is 2.54. The van der Waals surface area contributed by atoms with E-state index in [4.69, 9.17) is 0 Å². The van der Waals surface area contributed by atoms with Gasteiger partial charge in [-0.05, 0) is 24.1 Å². The third kappa shape index (κ3) is 3.71. The van der Waals surface area contributed by atoms with E-state index in [2.05, 4.69) is 4.98 Å². The first-order valence-electron chi connectivity index (χ1n) is 7.96. The SMILES string of the molecule is CCCn1c(SCc2ccc([N+](=O)[O-])cc2)nc2ccccc2c1=O. The number of para-hydroxylation sites is 1. The van der Waals surface area contributed by atoms with Gasteiger partial charge in [0.1, 0.15) is 0 Å². The Morgan fingerprint density at radius 1 is 1.16 bits per heavy atom. The molecule has 25 heavy (non-hydrogen) atoms. The highest BCUT2D eigenvalue weighted by Gasteiger charge is 2.11. The van der Waals surface area contributed by atoms with Crippen molar-refractivity contribution in [2.24, 2.45) is 0 Å². The van der Waals surface area contributed by atoms with Crippen LogP contribution in [0.15, 0.2) is 58.5 Å². The van der Waals surface area contributed by atoms with Crippen LogP contribution in [0.2, 0.25) is 0 Å². The quantitative estimate of drug-likeness (QED) is 0.289. The average Bonchev–Trinajstić information content (AvgIpc) is 2.63. The second-order valence-electron chi connectivity index (χ2n) is 5.58. The summed E-state index contributed by atoms with van der Waals surface area (Å²) >= 11 is 1.47. The molecule has 0 aliphatic heterocycles. The van der Waals surface area contributed by atoms with Gasteiger partial charge in [0.2, 0.25) is 0 Å². The molecule has 0 saturated heterocycles. The number of fused-ring (bicyclic) bond motifs is 1. The number of benzene rings is 2. The zero-order valence-electron chi connectivity index (χ0n) is 13.7. The zero-order chi connectivity index (χ0) is 17.8. The molecule has 0 unspecified atom stereocenters. The Hall–Kier alpha value is -2.67. The molecule has 128 valence electrons. The molecule has 0 amide bonds. The Labute approximate surface area is 148 Å². The van der Waals surface area contributed by atoms with Crippen LogP contribution in [0.4, 0.5) is 5.69 Å². The number of rotatable bonds is 6. The molecule has 0 fully saturated rings. The number of thioether (sulfide) groups is 1. The Morgan fingerprint density at radius 2 is 1.88 bits per heavy atom. The molecule has 0 aliphatic rings. The predicted molar refractivity (Wildman–Crippen MR) is 99.0 cm³/mol. The lowest BCUT2D eigenvalue weighted by Crippen LogP contribution is -2.23. The molecule has 0 spiro atoms. The maximum atomic E-state index is 12.7. The van der Waals surface area contributed by atoms with Gasteiger partial charge in [0.25, 0.3) is 11.2 Å². The molecule has 2 aromatic carbocycles. The Balaban J connectivity index is 1.90. The summed E-state index contributed by atoms with van der Waals surface area (Å²) in [5, 5.41) is 12.0. The number of nitrogens with zero attached hydrogens (tertiary/aromatic N) is 3. The number of nitro groups is 1. The molecular weight excluding hydrogens is 338 g/mol. The number of nitro benzene ring substituents is 1. The number of non-ortho nitro benzene ring substituents is 1. The predicted octanol–water partition coefficient (Wildman–Crippen LogP) is 4.01. The highest BCUT2D eigenvalue weighted by Crippen LogP contribution is 2.23. The van der Waals surface area contributed by atoms with Crippen LogP contribution in [0.25, 0.3) is 10.9 Å². The molecule has 7 heteroatoms. The van der Waals surface area contributed by atoms with Gasteiger partial charge in [-0.3, -0.25) is 19.5 Å². The van der Waals surface area contributed by atoms with Crippen LogP contribution < -0.4 is 5.56 Å². The number of hydrogen-bond donors (Lipinski definition) is 0. The summed E-state index contributed by atoms with van der Waals surface area (Å²) in [7, 11) is 0. The smallest absolute Gasteiger partial charge is 0.269 e. The Morgan fingerprint density at radius 3 is 2.56 bits per heavy atom. The van der Waals surface area contributed by atoms with E-state index < -0.39 is 4.92 Å². The van der Waals surface area contributed by atoms with Crippen molar-refractivity contribution in [3.8, 4) is 0 Å². The van der Waals surface area contributed by atoms with Crippen LogP contribution in [0.5, 0.6) is 0 Å². The molecule has 0 bridgehead atoms. The van der Waals surface area contributed by atoms with Crippen molar-refractivity contribution in [1.29, 1.82) is 0 Å². The maximum absolute atomic E-state index is 12.7. The van der Waals surface area contributed by atoms with Crippen LogP contribution >= 0.6 is 11.8 Å². The van der Waals surface area contributed by atoms with Crippen LogP contribution in [0.3, 0.4) is 0 Å². The van der Waals surface area contributed by atoms with Crippen molar-refractivity contribution in [1.82, 2.24) is 9.55 Å². The van der Waals surface area contributed by atoms with Crippen molar-refractivity contribution in [3.05, 3.63) is 74.6 Å². The van der Waals surface area contributed by atoms with Gasteiger partial charge in [0, 0.05) is 24.4 Å². The van der Waals surface area contributed by atoms with E-state index in [0.717, 1.165) is 12.0 Å². The minimum atomic E-state index is -0.416. The molecule has 3 rings (SSSR count). The van der Waals surface area contributed by atoms with Gasteiger partial charge >= 0.3 is 0 Å². The van der Waals surface area contributed by atoms with Crippen LogP contribution in [0, 0.1) is 10.1 Å². The van der Waals surface area contributed by atoms with Crippen LogP contribution in [-0.2, 0) is 12.3 Å². The fourth-order valence-corrected chi connectivity index (χ4v) is 3.52. The molecule has 0 atom stereocenters. The van der Waals surface area contributed by atoms with E-state index in [9.17, 15) is 14.9 Å². The minimum absolute atomic E-state index is 0.0290. The lowest BCUT2D eigenvalue weighted by Gasteiger charge is -2.12. The minimum Gasteiger partial charge on any atom is -0.287 e. The summed E-state index contributed by atoms with van der Waals surface area (Å²) in [6.45, 7) is 2.63. The number of aromatic nitrogens is 2. The summed E-state index contributed by atoms with van der Waals surface area (Å²) in [6, 6.07) is 13.8. The summed E-state index contributed by atoms with van der Waals surface area (Å²) < 4.78 is 1.71. The molecule has 0 radical (unpaired) electrons. The van der Waals surface area contributed by atoms with Crippen molar-refractivity contribution >= 4 is 28.4 Å². The largest absolute Gasteiger partial charge is 0.287 e. The molecular formula is C18H17N3O3S. The van der Waals surface area contributed by atoms with Gasteiger partial charge in [-0.25, -0.2) is 4.98 Å². The van der Waals surface area contributed by atoms with Gasteiger partial charge in [0.15, 0.2) is 5.16 Å². The Kier molecular flexibility index (Phi) is 5.14. The highest BCUT2D eigenvalue weighted by atomic mass is 32.2. The monoisotopic (exact) mass is 355 g/mol. The first-order valence-corrected chi connectivity index (χ1v) is 8.94. The van der Waals surface area contributed by atoms with Gasteiger partial charge in [-0.1, -0.05) is 43.0 Å². The summed E-state index contributed by atoms with van der Waals surface area (Å²) in [5.74, 6) is 0.590. The second-order valence-corrected chi connectivity index (χ2v) is 6.52. The van der Waals surface area contributed by atoms with Crippen molar-refractivity contribution in [3.63, 3.8) is 0 Å². The van der Waals surface area contributed by atoms with Gasteiger partial charge in [0.05, 0.1) is 15.8 Å². The lowest BCUT2D eigenvalue weighted by molar-refractivity contribution is -0.384. The van der Waals surface area contributed by atoms with E-state index in [-0.39, 0.29) is 11.2 Å². The normalized spacial score (nSPS) is 10.9. The van der Waals surface area contributed by atoms with Crippen LogP contribution in [0.1, 0.15) is 18.9 Å². The first-order chi connectivity index (χ1) is 12.1. The van der Waals surface area contributed by atoms with Crippen LogP contribution in [-0.4, -0.2) is 14.5 Å². The second kappa shape index (κ2) is 7.48. The van der Waals surface area contributed by atoms with E-state index in [1.165, 1.54) is 23.9 Å². The van der Waals surface area contributed by atoms with Gasteiger partial charge in [-0.15, -0.1) is 0 Å². The molecule has 0 N–H and O–H groups in total. The number of hydrogen-bond acceptors (Lipinski definition) is 5. The van der Waals surface area contributed by atoms with Gasteiger partial charge in [-0.2, -0.15) is 0 Å². The average molecular weight is 355 g/mol. The molecule has 1 aromatic heterocycles. The molecule has 0 aliphatic carbocycles. The van der Waals surface area contributed by atoms with Crippen molar-refractivity contribution in [2.45, 2.75) is 30.8 Å². The van der Waals surface area contributed by atoms with Crippen molar-refractivity contribution in [2.75, 3.05) is 0 Å². The molecule has 3 aromatic rings. The van der Waals surface area contributed by atoms with E-state index >= 15 is 0 Å². The third-order valence-corrected chi connectivity index (χ3v) is 4.84. The van der Waals surface area contributed by atoms with E-state index in [0.29, 0.717) is 28.4 Å². The van der Waals surface area contributed by atoms with Crippen molar-refractivity contribution < 1.29 is 4.92 Å². The highest BCUT2D eigenvalue weighted by molar-refractivity contribution is 7.98. The van der Waals surface area contributed by atoms with E-state index in [1.54, 1.807) is 22.8 Å². The third-order valence-electron chi connectivity index (χ3n) is 3.79. The molecule has 1 heterocycles. The molecule has 6 nitrogen and oxygen atoms in total. The summed E-state index contributed by atoms with van der Waals surface area (Å²) in [5.41, 5.74) is 1.67. The standard InChI is InChI=1S/C18H17N3O3S/c1-2-11-20-17(22)15-5-3-4-6-16(15)19-18(20)25-12-13-7-9-14(10-8-13)21(23)24/h3-10H,2,11-12H2,1H3. The zero-order valence-corrected chi connectivity index (χ0v) is 14.5. The maximum Gasteiger partial charge on any atom is 0.269 e. The van der Waals surface area contributed by atoms with E-state index in [1.807, 2.05) is 25.1 Å². The summed E-state index contributed by atoms with van der Waals surface area (Å²) in [6.07, 6.45) is 0.838. The molecule has 0 saturated carbocycles. The summed E-state index contributed by atoms with van der Waals surface area (Å²) in [4.78, 5) is 27.6. The fraction of sp³-hybridized carbons (Fsp3) is 0.222. The first kappa shape index (κ1) is 17.2. The Bertz CT molecular complexity index is 967. The van der Waals surface area contributed by atoms with Gasteiger partial charge < -0.3 is 0 Å². The topological polar surface area (TPSA) is 78.0 Å².